The zero-order valence-corrected chi connectivity index (χ0v) is 18.9. The zero-order valence-electron chi connectivity index (χ0n) is 18.9. The lowest BCUT2D eigenvalue weighted by atomic mass is 9.77. The Hall–Kier alpha value is -2.53. The number of ether oxygens (including phenoxy) is 2. The van der Waals surface area contributed by atoms with Crippen molar-refractivity contribution in [2.24, 2.45) is 5.92 Å². The summed E-state index contributed by atoms with van der Waals surface area (Å²) in [6.07, 6.45) is -6.30. The van der Waals surface area contributed by atoms with Gasteiger partial charge >= 0.3 is 6.18 Å². The summed E-state index contributed by atoms with van der Waals surface area (Å²) >= 11 is 0. The van der Waals surface area contributed by atoms with Crippen molar-refractivity contribution in [3.05, 3.63) is 56.8 Å². The summed E-state index contributed by atoms with van der Waals surface area (Å²) in [5, 5.41) is 10.3. The molecule has 1 aromatic heterocycles. The minimum atomic E-state index is -4.83. The number of aliphatic hydroxyl groups is 1. The molecule has 11 heteroatoms. The van der Waals surface area contributed by atoms with E-state index in [1.54, 1.807) is 0 Å². The largest absolute Gasteiger partial charge is 0.493 e. The second-order valence-electron chi connectivity index (χ2n) is 8.91. The van der Waals surface area contributed by atoms with Crippen molar-refractivity contribution >= 4 is 0 Å². The molecule has 0 unspecified atom stereocenters. The monoisotopic (exact) mass is 476 g/mol. The summed E-state index contributed by atoms with van der Waals surface area (Å²) in [4.78, 5) is 19.3. The molecular formula is C22H25F5N2O4. The van der Waals surface area contributed by atoms with E-state index >= 15 is 0 Å². The van der Waals surface area contributed by atoms with Crippen LogP contribution in [0, 0.1) is 24.5 Å². The van der Waals surface area contributed by atoms with Crippen molar-refractivity contribution in [2.45, 2.75) is 64.0 Å². The molecule has 0 spiro atoms. The van der Waals surface area contributed by atoms with E-state index in [4.69, 9.17) is 9.47 Å². The highest BCUT2D eigenvalue weighted by molar-refractivity contribution is 5.41. The second-order valence-corrected chi connectivity index (χ2v) is 8.91. The SMILES string of the molecule is COc1c([C@H]2[C@H](c3nc(C)c(C(C)(C)O)c(=O)[nH]3)O[C@@](C)(C(F)(F)F)[C@H]2C)ccc(F)c1F. The molecule has 1 aromatic carbocycles. The Morgan fingerprint density at radius 3 is 2.33 bits per heavy atom. The van der Waals surface area contributed by atoms with E-state index in [0.29, 0.717) is 0 Å². The number of hydrogen-bond acceptors (Lipinski definition) is 5. The van der Waals surface area contributed by atoms with Gasteiger partial charge in [-0.3, -0.25) is 4.79 Å². The quantitative estimate of drug-likeness (QED) is 0.639. The van der Waals surface area contributed by atoms with Crippen LogP contribution in [0.3, 0.4) is 0 Å². The van der Waals surface area contributed by atoms with E-state index in [0.717, 1.165) is 26.2 Å². The number of rotatable bonds is 4. The standard InChI is InChI=1S/C22H25F5N2O4/c1-9-13(11-7-8-12(23)15(24)16(11)32-6)17(33-21(9,5)22(25,26)27)18-28-10(2)14(19(30)29-18)20(3,4)31/h7-9,13,17,31H,1-6H3,(H,28,29,30)/t9-,13-,17+,21+/m0/s1. The molecule has 0 aliphatic carbocycles. The number of benzene rings is 1. The molecule has 2 aromatic rings. The third-order valence-corrected chi connectivity index (χ3v) is 6.31. The predicted octanol–water partition coefficient (Wildman–Crippen LogP) is 4.40. The molecule has 33 heavy (non-hydrogen) atoms. The van der Waals surface area contributed by atoms with E-state index in [-0.39, 0.29) is 22.6 Å². The number of halogens is 5. The Morgan fingerprint density at radius 1 is 1.24 bits per heavy atom. The highest BCUT2D eigenvalue weighted by Gasteiger charge is 2.65. The van der Waals surface area contributed by atoms with Crippen LogP contribution in [0.25, 0.3) is 0 Å². The summed E-state index contributed by atoms with van der Waals surface area (Å²) in [6.45, 7) is 6.30. The summed E-state index contributed by atoms with van der Waals surface area (Å²) in [6, 6.07) is 1.92. The summed E-state index contributed by atoms with van der Waals surface area (Å²) in [5.41, 5.74) is -5.03. The molecule has 1 saturated heterocycles. The molecule has 2 N–H and O–H groups in total. The van der Waals surface area contributed by atoms with E-state index in [1.807, 2.05) is 0 Å². The first-order chi connectivity index (χ1) is 15.0. The first kappa shape index (κ1) is 25.1. The van der Waals surface area contributed by atoms with Crippen LogP contribution in [0.15, 0.2) is 16.9 Å². The highest BCUT2D eigenvalue weighted by Crippen LogP contribution is 2.59. The lowest BCUT2D eigenvalue weighted by Gasteiger charge is -2.32. The Balaban J connectivity index is 2.27. The van der Waals surface area contributed by atoms with Gasteiger partial charge in [0.05, 0.1) is 24.0 Å². The number of H-pyrrole nitrogens is 1. The first-order valence-electron chi connectivity index (χ1n) is 10.1. The molecule has 0 bridgehead atoms. The van der Waals surface area contributed by atoms with E-state index in [2.05, 4.69) is 9.97 Å². The molecule has 0 amide bonds. The smallest absolute Gasteiger partial charge is 0.417 e. The molecule has 0 saturated carbocycles. The van der Waals surface area contributed by atoms with Gasteiger partial charge in [-0.05, 0) is 33.8 Å². The van der Waals surface area contributed by atoms with Crippen molar-refractivity contribution in [1.82, 2.24) is 9.97 Å². The third kappa shape index (κ3) is 4.01. The number of nitrogens with one attached hydrogen (secondary N) is 1. The highest BCUT2D eigenvalue weighted by atomic mass is 19.4. The Bertz CT molecular complexity index is 1130. The van der Waals surface area contributed by atoms with Gasteiger partial charge in [0, 0.05) is 17.4 Å². The fourth-order valence-corrected chi connectivity index (χ4v) is 4.51. The molecule has 0 radical (unpaired) electrons. The molecule has 4 atom stereocenters. The lowest BCUT2D eigenvalue weighted by Crippen LogP contribution is -2.46. The Labute approximate surface area is 186 Å². The summed E-state index contributed by atoms with van der Waals surface area (Å²) < 4.78 is 80.9. The topological polar surface area (TPSA) is 84.4 Å². The maximum atomic E-state index is 14.4. The van der Waals surface area contributed by atoms with Crippen molar-refractivity contribution in [3.8, 4) is 5.75 Å². The number of aromatic nitrogens is 2. The molecular weight excluding hydrogens is 451 g/mol. The number of methoxy groups -OCH3 is 1. The van der Waals surface area contributed by atoms with Crippen LogP contribution in [0.5, 0.6) is 5.75 Å². The fourth-order valence-electron chi connectivity index (χ4n) is 4.51. The predicted molar refractivity (Wildman–Crippen MR) is 108 cm³/mol. The zero-order chi connectivity index (χ0) is 25.1. The molecule has 1 aliphatic rings. The molecule has 1 aliphatic heterocycles. The van der Waals surface area contributed by atoms with Gasteiger partial charge in [0.2, 0.25) is 5.82 Å². The number of nitrogens with zero attached hydrogens (tertiary/aromatic N) is 1. The third-order valence-electron chi connectivity index (χ3n) is 6.31. The number of hydrogen-bond donors (Lipinski definition) is 2. The van der Waals surface area contributed by atoms with Crippen molar-refractivity contribution in [1.29, 1.82) is 0 Å². The first-order valence-corrected chi connectivity index (χ1v) is 10.1. The summed E-state index contributed by atoms with van der Waals surface area (Å²) in [7, 11) is 1.07. The summed E-state index contributed by atoms with van der Waals surface area (Å²) in [5.74, 6) is -5.88. The van der Waals surface area contributed by atoms with Gasteiger partial charge in [0.15, 0.2) is 17.2 Å². The van der Waals surface area contributed by atoms with Crippen LogP contribution < -0.4 is 10.3 Å². The van der Waals surface area contributed by atoms with Gasteiger partial charge in [-0.25, -0.2) is 9.37 Å². The number of aryl methyl sites for hydroxylation is 1. The lowest BCUT2D eigenvalue weighted by molar-refractivity contribution is -0.275. The van der Waals surface area contributed by atoms with Crippen molar-refractivity contribution in [2.75, 3.05) is 7.11 Å². The fraction of sp³-hybridized carbons (Fsp3) is 0.545. The van der Waals surface area contributed by atoms with Gasteiger partial charge in [-0.2, -0.15) is 17.6 Å². The minimum absolute atomic E-state index is 0.0576. The van der Waals surface area contributed by atoms with Crippen LogP contribution in [0.4, 0.5) is 22.0 Å². The van der Waals surface area contributed by atoms with Crippen molar-refractivity contribution < 1.29 is 36.5 Å². The number of alkyl halides is 3. The van der Waals surface area contributed by atoms with Gasteiger partial charge in [0.1, 0.15) is 11.9 Å². The van der Waals surface area contributed by atoms with Crippen LogP contribution in [-0.2, 0) is 10.3 Å². The average molecular weight is 476 g/mol. The molecule has 2 heterocycles. The van der Waals surface area contributed by atoms with Crippen molar-refractivity contribution in [3.63, 3.8) is 0 Å². The van der Waals surface area contributed by atoms with Crippen LogP contribution in [0.1, 0.15) is 62.4 Å². The van der Waals surface area contributed by atoms with E-state index < -0.39 is 58.3 Å². The van der Waals surface area contributed by atoms with Gasteiger partial charge < -0.3 is 19.6 Å². The minimum Gasteiger partial charge on any atom is -0.493 e. The molecule has 1 fully saturated rings. The van der Waals surface area contributed by atoms with Crippen LogP contribution in [0.2, 0.25) is 0 Å². The molecule has 182 valence electrons. The average Bonchev–Trinajstić information content (AvgIpc) is 2.94. The van der Waals surface area contributed by atoms with E-state index in [9.17, 15) is 31.9 Å². The second kappa shape index (κ2) is 8.05. The van der Waals surface area contributed by atoms with Gasteiger partial charge in [-0.15, -0.1) is 0 Å². The molecule has 6 nitrogen and oxygen atoms in total. The van der Waals surface area contributed by atoms with Crippen LogP contribution >= 0.6 is 0 Å². The maximum absolute atomic E-state index is 14.4. The maximum Gasteiger partial charge on any atom is 0.417 e. The van der Waals surface area contributed by atoms with Gasteiger partial charge in [-0.1, -0.05) is 13.0 Å². The number of aromatic amines is 1. The Morgan fingerprint density at radius 2 is 1.85 bits per heavy atom. The van der Waals surface area contributed by atoms with E-state index in [1.165, 1.54) is 27.7 Å². The van der Waals surface area contributed by atoms with Gasteiger partial charge in [0.25, 0.3) is 5.56 Å². The van der Waals surface area contributed by atoms with Crippen LogP contribution in [-0.4, -0.2) is 34.0 Å². The normalized spacial score (nSPS) is 26.0. The molecule has 3 rings (SSSR count). The Kier molecular flexibility index (Phi) is 6.12.